The Morgan fingerprint density at radius 3 is 2.31 bits per heavy atom. The van der Waals surface area contributed by atoms with Crippen LogP contribution < -0.4 is 18.9 Å². The first-order valence-corrected chi connectivity index (χ1v) is 8.25. The summed E-state index contributed by atoms with van der Waals surface area (Å²) in [7, 11) is 6.50. The number of ether oxygens (including phenoxy) is 4. The zero-order chi connectivity index (χ0) is 19.1. The van der Waals surface area contributed by atoms with E-state index in [9.17, 15) is 4.79 Å². The summed E-state index contributed by atoms with van der Waals surface area (Å²) in [5, 5.41) is 0. The number of benzene rings is 2. The lowest BCUT2D eigenvalue weighted by atomic mass is 10.2. The molecule has 6 heteroatoms. The molecule has 0 aliphatic rings. The van der Waals surface area contributed by atoms with Gasteiger partial charge in [-0.3, -0.25) is 4.79 Å². The van der Waals surface area contributed by atoms with Crippen LogP contribution in [0.15, 0.2) is 42.5 Å². The Morgan fingerprint density at radius 1 is 0.962 bits per heavy atom. The molecule has 0 radical (unpaired) electrons. The number of amides is 1. The second kappa shape index (κ2) is 8.99. The molecule has 2 aromatic carbocycles. The Hall–Kier alpha value is -2.89. The lowest BCUT2D eigenvalue weighted by Crippen LogP contribution is -2.37. The predicted molar refractivity (Wildman–Crippen MR) is 99.1 cm³/mol. The molecule has 0 bridgehead atoms. The van der Waals surface area contributed by atoms with Crippen LogP contribution >= 0.6 is 0 Å². The summed E-state index contributed by atoms with van der Waals surface area (Å²) in [4.78, 5) is 14.2. The minimum atomic E-state index is -0.618. The molecule has 26 heavy (non-hydrogen) atoms. The molecule has 0 fully saturated rings. The summed E-state index contributed by atoms with van der Waals surface area (Å²) in [5.74, 6) is 2.43. The molecule has 0 spiro atoms. The third-order valence-electron chi connectivity index (χ3n) is 3.95. The van der Waals surface area contributed by atoms with E-state index in [4.69, 9.17) is 18.9 Å². The molecule has 6 nitrogen and oxygen atoms in total. The van der Waals surface area contributed by atoms with Crippen molar-refractivity contribution in [2.45, 2.75) is 19.6 Å². The number of likely N-dealkylation sites (N-methyl/N-ethyl adjacent to an activating group) is 1. The smallest absolute Gasteiger partial charge is 0.263 e. The van der Waals surface area contributed by atoms with Gasteiger partial charge in [0.1, 0.15) is 11.5 Å². The van der Waals surface area contributed by atoms with E-state index < -0.39 is 6.10 Å². The van der Waals surface area contributed by atoms with Crippen molar-refractivity contribution in [1.82, 2.24) is 4.90 Å². The first kappa shape index (κ1) is 19.4. The van der Waals surface area contributed by atoms with E-state index in [0.29, 0.717) is 29.5 Å². The van der Waals surface area contributed by atoms with Crippen molar-refractivity contribution < 1.29 is 23.7 Å². The van der Waals surface area contributed by atoms with Gasteiger partial charge in [0.05, 0.1) is 21.3 Å². The molecular weight excluding hydrogens is 334 g/mol. The maximum Gasteiger partial charge on any atom is 0.263 e. The lowest BCUT2D eigenvalue weighted by molar-refractivity contribution is -0.137. The molecule has 0 aliphatic carbocycles. The summed E-state index contributed by atoms with van der Waals surface area (Å²) in [6, 6.07) is 12.8. The molecule has 2 rings (SSSR count). The van der Waals surface area contributed by atoms with Crippen molar-refractivity contribution in [1.29, 1.82) is 0 Å². The van der Waals surface area contributed by atoms with Gasteiger partial charge in [-0.15, -0.1) is 0 Å². The quantitative estimate of drug-likeness (QED) is 0.725. The number of carbonyl (C=O) groups is 1. The Morgan fingerprint density at radius 2 is 1.65 bits per heavy atom. The monoisotopic (exact) mass is 359 g/mol. The van der Waals surface area contributed by atoms with Crippen molar-refractivity contribution in [3.05, 3.63) is 48.0 Å². The normalized spacial score (nSPS) is 11.4. The SMILES string of the molecule is COc1cccc(OC(C)C(=O)N(C)Cc2ccc(OC)c(OC)c2)c1. The number of nitrogens with zero attached hydrogens (tertiary/aromatic N) is 1. The Balaban J connectivity index is 2.01. The highest BCUT2D eigenvalue weighted by Gasteiger charge is 2.20. The maximum absolute atomic E-state index is 12.6. The average molecular weight is 359 g/mol. The standard InChI is InChI=1S/C20H25NO5/c1-14(26-17-8-6-7-16(12-17)23-3)20(22)21(2)13-15-9-10-18(24-4)19(11-15)25-5/h6-12,14H,13H2,1-5H3. The summed E-state index contributed by atoms with van der Waals surface area (Å²) in [6.07, 6.45) is -0.618. The molecule has 0 saturated carbocycles. The van der Waals surface area contributed by atoms with E-state index >= 15 is 0 Å². The second-order valence-corrected chi connectivity index (χ2v) is 5.82. The van der Waals surface area contributed by atoms with Crippen LogP contribution in [0.2, 0.25) is 0 Å². The molecule has 1 atom stereocenters. The Labute approximate surface area is 154 Å². The molecule has 0 aromatic heterocycles. The first-order chi connectivity index (χ1) is 12.5. The van der Waals surface area contributed by atoms with Crippen LogP contribution in [-0.2, 0) is 11.3 Å². The minimum Gasteiger partial charge on any atom is -0.497 e. The number of hydrogen-bond acceptors (Lipinski definition) is 5. The molecular formula is C20H25NO5. The van der Waals surface area contributed by atoms with Crippen LogP contribution in [0.1, 0.15) is 12.5 Å². The summed E-state index contributed by atoms with van der Waals surface area (Å²) in [5.41, 5.74) is 0.937. The van der Waals surface area contributed by atoms with E-state index in [2.05, 4.69) is 0 Å². The number of carbonyl (C=O) groups excluding carboxylic acids is 1. The fourth-order valence-electron chi connectivity index (χ4n) is 2.57. The van der Waals surface area contributed by atoms with Crippen molar-refractivity contribution in [2.75, 3.05) is 28.4 Å². The van der Waals surface area contributed by atoms with E-state index in [-0.39, 0.29) is 5.91 Å². The number of rotatable bonds is 8. The first-order valence-electron chi connectivity index (χ1n) is 8.25. The molecule has 1 amide bonds. The van der Waals surface area contributed by atoms with Crippen LogP contribution in [0, 0.1) is 0 Å². The summed E-state index contributed by atoms with van der Waals surface area (Å²) >= 11 is 0. The molecule has 140 valence electrons. The van der Waals surface area contributed by atoms with E-state index in [1.165, 1.54) is 0 Å². The van der Waals surface area contributed by atoms with Crippen LogP contribution in [-0.4, -0.2) is 45.3 Å². The number of hydrogen-bond donors (Lipinski definition) is 0. The maximum atomic E-state index is 12.6. The molecule has 0 aliphatic heterocycles. The van der Waals surface area contributed by atoms with Gasteiger partial charge in [-0.2, -0.15) is 0 Å². The van der Waals surface area contributed by atoms with Crippen LogP contribution in [0.5, 0.6) is 23.0 Å². The summed E-state index contributed by atoms with van der Waals surface area (Å²) < 4.78 is 21.4. The second-order valence-electron chi connectivity index (χ2n) is 5.82. The number of methoxy groups -OCH3 is 3. The third kappa shape index (κ3) is 4.81. The van der Waals surface area contributed by atoms with Gasteiger partial charge in [0.25, 0.3) is 5.91 Å². The zero-order valence-corrected chi connectivity index (χ0v) is 15.8. The fourth-order valence-corrected chi connectivity index (χ4v) is 2.57. The van der Waals surface area contributed by atoms with Gasteiger partial charge in [0.2, 0.25) is 0 Å². The molecule has 0 N–H and O–H groups in total. The van der Waals surface area contributed by atoms with Crippen molar-refractivity contribution >= 4 is 5.91 Å². The van der Waals surface area contributed by atoms with Gasteiger partial charge in [0, 0.05) is 19.7 Å². The molecule has 0 saturated heterocycles. The van der Waals surface area contributed by atoms with Crippen LogP contribution in [0.4, 0.5) is 0 Å². The fraction of sp³-hybridized carbons (Fsp3) is 0.350. The van der Waals surface area contributed by atoms with Crippen molar-refractivity contribution in [3.63, 3.8) is 0 Å². The highest BCUT2D eigenvalue weighted by molar-refractivity contribution is 5.80. The highest BCUT2D eigenvalue weighted by Crippen LogP contribution is 2.28. The lowest BCUT2D eigenvalue weighted by Gasteiger charge is -2.22. The largest absolute Gasteiger partial charge is 0.497 e. The van der Waals surface area contributed by atoms with Gasteiger partial charge < -0.3 is 23.8 Å². The van der Waals surface area contributed by atoms with E-state index in [1.54, 1.807) is 52.3 Å². The van der Waals surface area contributed by atoms with Gasteiger partial charge in [0.15, 0.2) is 17.6 Å². The van der Waals surface area contributed by atoms with Gasteiger partial charge in [-0.05, 0) is 36.8 Å². The van der Waals surface area contributed by atoms with E-state index in [1.807, 2.05) is 30.3 Å². The van der Waals surface area contributed by atoms with Crippen LogP contribution in [0.25, 0.3) is 0 Å². The average Bonchev–Trinajstić information content (AvgIpc) is 2.67. The van der Waals surface area contributed by atoms with Crippen LogP contribution in [0.3, 0.4) is 0 Å². The highest BCUT2D eigenvalue weighted by atomic mass is 16.5. The summed E-state index contributed by atoms with van der Waals surface area (Å²) in [6.45, 7) is 2.16. The minimum absolute atomic E-state index is 0.123. The predicted octanol–water partition coefficient (Wildman–Crippen LogP) is 3.14. The van der Waals surface area contributed by atoms with Crippen molar-refractivity contribution in [2.24, 2.45) is 0 Å². The Bertz CT molecular complexity index is 747. The Kier molecular flexibility index (Phi) is 6.72. The van der Waals surface area contributed by atoms with Crippen molar-refractivity contribution in [3.8, 4) is 23.0 Å². The molecule has 0 heterocycles. The van der Waals surface area contributed by atoms with E-state index in [0.717, 1.165) is 5.56 Å². The third-order valence-corrected chi connectivity index (χ3v) is 3.95. The van der Waals surface area contributed by atoms with Gasteiger partial charge in [-0.25, -0.2) is 0 Å². The topological polar surface area (TPSA) is 57.2 Å². The molecule has 1 unspecified atom stereocenters. The molecule has 2 aromatic rings. The van der Waals surface area contributed by atoms with Gasteiger partial charge in [-0.1, -0.05) is 12.1 Å². The van der Waals surface area contributed by atoms with Gasteiger partial charge >= 0.3 is 0 Å². The zero-order valence-electron chi connectivity index (χ0n) is 15.8.